The minimum Gasteiger partial charge on any atom is -0.447 e. The zero-order chi connectivity index (χ0) is 13.5. The van der Waals surface area contributed by atoms with Crippen molar-refractivity contribution in [3.8, 4) is 0 Å². The van der Waals surface area contributed by atoms with E-state index >= 15 is 0 Å². The molecular formula is C12H26N2O4. The van der Waals surface area contributed by atoms with Gasteiger partial charge in [0.2, 0.25) is 0 Å². The summed E-state index contributed by atoms with van der Waals surface area (Å²) >= 11 is 0. The van der Waals surface area contributed by atoms with Crippen molar-refractivity contribution in [2.75, 3.05) is 53.2 Å². The number of nitrogens with one attached hydrogen (secondary N) is 2. The van der Waals surface area contributed by atoms with Crippen molar-refractivity contribution in [3.05, 3.63) is 0 Å². The predicted molar refractivity (Wildman–Crippen MR) is 69.8 cm³/mol. The second-order valence-corrected chi connectivity index (χ2v) is 3.71. The molecule has 0 aromatic carbocycles. The average Bonchev–Trinajstić information content (AvgIpc) is 2.39. The molecule has 0 aromatic heterocycles. The topological polar surface area (TPSA) is 68.8 Å². The Hall–Kier alpha value is -0.850. The Labute approximate surface area is 109 Å². The molecule has 0 spiro atoms. The van der Waals surface area contributed by atoms with Crippen LogP contribution < -0.4 is 10.6 Å². The van der Waals surface area contributed by atoms with Gasteiger partial charge >= 0.3 is 6.09 Å². The Morgan fingerprint density at radius 1 is 1.00 bits per heavy atom. The van der Waals surface area contributed by atoms with Crippen molar-refractivity contribution in [3.63, 3.8) is 0 Å². The smallest absolute Gasteiger partial charge is 0.406 e. The van der Waals surface area contributed by atoms with Crippen molar-refractivity contribution in [1.82, 2.24) is 10.6 Å². The molecule has 0 aliphatic rings. The van der Waals surface area contributed by atoms with Gasteiger partial charge in [0.1, 0.15) is 6.61 Å². The summed E-state index contributed by atoms with van der Waals surface area (Å²) in [4.78, 5) is 10.7. The molecule has 0 radical (unpaired) electrons. The predicted octanol–water partition coefficient (Wildman–Crippen LogP) is 0.765. The minimum absolute atomic E-state index is 0.262. The number of ether oxygens (including phenoxy) is 3. The van der Waals surface area contributed by atoms with E-state index in [1.807, 2.05) is 0 Å². The summed E-state index contributed by atoms with van der Waals surface area (Å²) in [6.45, 7) is 6.53. The van der Waals surface area contributed by atoms with Crippen molar-refractivity contribution in [2.24, 2.45) is 0 Å². The van der Waals surface area contributed by atoms with E-state index in [1.165, 1.54) is 19.9 Å². The van der Waals surface area contributed by atoms with Crippen LogP contribution in [0, 0.1) is 0 Å². The standard InChI is InChI=1S/C12H26N2O4/c1-3-4-5-14-6-7-16-8-9-17-10-11-18-12(15)13-2/h14H,3-11H2,1-2H3,(H,13,15). The van der Waals surface area contributed by atoms with Gasteiger partial charge in [0.15, 0.2) is 0 Å². The first-order chi connectivity index (χ1) is 8.81. The molecule has 108 valence electrons. The van der Waals surface area contributed by atoms with E-state index in [9.17, 15) is 4.79 Å². The Balaban J connectivity index is 2.97. The number of hydrogen-bond acceptors (Lipinski definition) is 5. The van der Waals surface area contributed by atoms with Crippen LogP contribution >= 0.6 is 0 Å². The molecule has 0 heterocycles. The van der Waals surface area contributed by atoms with Crippen molar-refractivity contribution in [2.45, 2.75) is 19.8 Å². The lowest BCUT2D eigenvalue weighted by Gasteiger charge is -2.07. The molecule has 0 rings (SSSR count). The zero-order valence-electron chi connectivity index (χ0n) is 11.5. The Morgan fingerprint density at radius 3 is 2.33 bits per heavy atom. The molecule has 1 amide bonds. The molecule has 0 bridgehead atoms. The highest BCUT2D eigenvalue weighted by molar-refractivity contribution is 5.66. The molecule has 0 saturated heterocycles. The molecular weight excluding hydrogens is 236 g/mol. The van der Waals surface area contributed by atoms with E-state index in [4.69, 9.17) is 14.2 Å². The molecule has 18 heavy (non-hydrogen) atoms. The molecule has 2 N–H and O–H groups in total. The Bertz CT molecular complexity index is 191. The third-order valence-corrected chi connectivity index (χ3v) is 2.17. The van der Waals surface area contributed by atoms with Crippen LogP contribution in [0.15, 0.2) is 0 Å². The average molecular weight is 262 g/mol. The maximum atomic E-state index is 10.7. The Kier molecular flexibility index (Phi) is 13.5. The largest absolute Gasteiger partial charge is 0.447 e. The van der Waals surface area contributed by atoms with E-state index in [0.29, 0.717) is 26.4 Å². The first kappa shape index (κ1) is 17.2. The number of rotatable bonds is 12. The number of carbonyl (C=O) groups is 1. The summed E-state index contributed by atoms with van der Waals surface area (Å²) in [6.07, 6.45) is 1.97. The SMILES string of the molecule is CCCCNCCOCCOCCOC(=O)NC. The maximum Gasteiger partial charge on any atom is 0.406 e. The molecule has 0 atom stereocenters. The monoisotopic (exact) mass is 262 g/mol. The number of unbranched alkanes of at least 4 members (excludes halogenated alkanes) is 1. The highest BCUT2D eigenvalue weighted by Crippen LogP contribution is 1.83. The molecule has 6 nitrogen and oxygen atoms in total. The van der Waals surface area contributed by atoms with Crippen molar-refractivity contribution < 1.29 is 19.0 Å². The van der Waals surface area contributed by atoms with Crippen LogP contribution in [0.4, 0.5) is 4.79 Å². The van der Waals surface area contributed by atoms with E-state index in [2.05, 4.69) is 17.6 Å². The molecule has 0 aliphatic carbocycles. The lowest BCUT2D eigenvalue weighted by atomic mass is 10.3. The third-order valence-electron chi connectivity index (χ3n) is 2.17. The second kappa shape index (κ2) is 14.2. The van der Waals surface area contributed by atoms with Crippen LogP contribution in [0.1, 0.15) is 19.8 Å². The number of carbonyl (C=O) groups excluding carboxylic acids is 1. The maximum absolute atomic E-state index is 10.7. The highest BCUT2D eigenvalue weighted by Gasteiger charge is 1.96. The van der Waals surface area contributed by atoms with Crippen LogP contribution in [0.3, 0.4) is 0 Å². The summed E-state index contributed by atoms with van der Waals surface area (Å²) in [5.74, 6) is 0. The van der Waals surface area contributed by atoms with Crippen LogP contribution in [-0.2, 0) is 14.2 Å². The summed E-state index contributed by atoms with van der Waals surface area (Å²) in [6, 6.07) is 0. The lowest BCUT2D eigenvalue weighted by molar-refractivity contribution is 0.0291. The molecule has 6 heteroatoms. The van der Waals surface area contributed by atoms with Crippen LogP contribution in [0.5, 0.6) is 0 Å². The van der Waals surface area contributed by atoms with E-state index in [1.54, 1.807) is 0 Å². The number of alkyl carbamates (subject to hydrolysis) is 1. The third kappa shape index (κ3) is 13.2. The van der Waals surface area contributed by atoms with Gasteiger partial charge in [-0.2, -0.15) is 0 Å². The molecule has 0 aromatic rings. The van der Waals surface area contributed by atoms with E-state index in [0.717, 1.165) is 13.1 Å². The fourth-order valence-corrected chi connectivity index (χ4v) is 1.16. The summed E-state index contributed by atoms with van der Waals surface area (Å²) in [5.41, 5.74) is 0. The second-order valence-electron chi connectivity index (χ2n) is 3.71. The fourth-order valence-electron chi connectivity index (χ4n) is 1.16. The van der Waals surface area contributed by atoms with Gasteiger partial charge in [-0.15, -0.1) is 0 Å². The normalized spacial score (nSPS) is 10.3. The molecule has 0 fully saturated rings. The zero-order valence-corrected chi connectivity index (χ0v) is 11.5. The first-order valence-electron chi connectivity index (χ1n) is 6.52. The fraction of sp³-hybridized carbons (Fsp3) is 0.917. The summed E-state index contributed by atoms with van der Waals surface area (Å²) in [7, 11) is 1.52. The van der Waals surface area contributed by atoms with Crippen LogP contribution in [0.2, 0.25) is 0 Å². The van der Waals surface area contributed by atoms with Gasteiger partial charge in [-0.25, -0.2) is 4.79 Å². The van der Waals surface area contributed by atoms with Crippen molar-refractivity contribution >= 4 is 6.09 Å². The molecule has 0 unspecified atom stereocenters. The highest BCUT2D eigenvalue weighted by atomic mass is 16.6. The van der Waals surface area contributed by atoms with Crippen LogP contribution in [-0.4, -0.2) is 59.3 Å². The van der Waals surface area contributed by atoms with Gasteiger partial charge in [-0.1, -0.05) is 13.3 Å². The summed E-state index contributed by atoms with van der Waals surface area (Å²) < 4.78 is 15.3. The van der Waals surface area contributed by atoms with Gasteiger partial charge < -0.3 is 24.8 Å². The first-order valence-corrected chi connectivity index (χ1v) is 6.52. The molecule has 0 saturated carbocycles. The van der Waals surface area contributed by atoms with E-state index < -0.39 is 6.09 Å². The number of amides is 1. The summed E-state index contributed by atoms with van der Waals surface area (Å²) in [5, 5.41) is 5.64. The van der Waals surface area contributed by atoms with Crippen molar-refractivity contribution in [1.29, 1.82) is 0 Å². The van der Waals surface area contributed by atoms with Gasteiger partial charge in [-0.3, -0.25) is 0 Å². The lowest BCUT2D eigenvalue weighted by Crippen LogP contribution is -2.22. The van der Waals surface area contributed by atoms with Gasteiger partial charge in [-0.05, 0) is 13.0 Å². The van der Waals surface area contributed by atoms with Gasteiger partial charge in [0, 0.05) is 13.6 Å². The minimum atomic E-state index is -0.437. The quantitative estimate of drug-likeness (QED) is 0.508. The molecule has 0 aliphatic heterocycles. The van der Waals surface area contributed by atoms with Gasteiger partial charge in [0.05, 0.1) is 26.4 Å². The van der Waals surface area contributed by atoms with Gasteiger partial charge in [0.25, 0.3) is 0 Å². The Morgan fingerprint density at radius 2 is 1.67 bits per heavy atom. The van der Waals surface area contributed by atoms with Crippen LogP contribution in [0.25, 0.3) is 0 Å². The number of hydrogen-bond donors (Lipinski definition) is 2. The van der Waals surface area contributed by atoms with E-state index in [-0.39, 0.29) is 6.61 Å².